The second kappa shape index (κ2) is 4.17. The fraction of sp³-hybridized carbons (Fsp3) is 0.833. The third-order valence-electron chi connectivity index (χ3n) is 4.19. The molecule has 0 amide bonds. The molecule has 1 unspecified atom stereocenters. The summed E-state index contributed by atoms with van der Waals surface area (Å²) in [7, 11) is 0. The molecule has 0 radical (unpaired) electrons. The first kappa shape index (κ1) is 10.3. The van der Waals surface area contributed by atoms with Crippen LogP contribution in [-0.2, 0) is 0 Å². The maximum atomic E-state index is 4.11. The van der Waals surface area contributed by atoms with Gasteiger partial charge in [-0.1, -0.05) is 5.21 Å². The maximum absolute atomic E-state index is 4.11. The minimum Gasteiger partial charge on any atom is -0.300 e. The Morgan fingerprint density at radius 2 is 1.94 bits per heavy atom. The molecule has 2 heterocycles. The Kier molecular flexibility index (Phi) is 2.67. The molecule has 1 saturated carbocycles. The summed E-state index contributed by atoms with van der Waals surface area (Å²) >= 11 is 0. The van der Waals surface area contributed by atoms with Crippen molar-refractivity contribution in [2.75, 3.05) is 13.1 Å². The molecule has 1 aliphatic carbocycles. The van der Waals surface area contributed by atoms with E-state index in [2.05, 4.69) is 22.1 Å². The number of aromatic nitrogens is 3. The Morgan fingerprint density at radius 1 is 1.19 bits per heavy atom. The Labute approximate surface area is 96.6 Å². The van der Waals surface area contributed by atoms with E-state index in [0.29, 0.717) is 6.04 Å². The number of likely N-dealkylation sites (tertiary alicyclic amines) is 1. The topological polar surface area (TPSA) is 34.0 Å². The summed E-state index contributed by atoms with van der Waals surface area (Å²) in [5.74, 6) is 0.989. The van der Waals surface area contributed by atoms with E-state index in [-0.39, 0.29) is 0 Å². The highest BCUT2D eigenvalue weighted by molar-refractivity contribution is 4.88. The lowest BCUT2D eigenvalue weighted by Crippen LogP contribution is -2.41. The third kappa shape index (κ3) is 1.98. The zero-order chi connectivity index (χ0) is 11.0. The van der Waals surface area contributed by atoms with Crippen molar-refractivity contribution in [3.05, 3.63) is 12.4 Å². The zero-order valence-corrected chi connectivity index (χ0v) is 9.92. The van der Waals surface area contributed by atoms with Gasteiger partial charge in [0.2, 0.25) is 0 Å². The molecule has 4 nitrogen and oxygen atoms in total. The van der Waals surface area contributed by atoms with Gasteiger partial charge in [0.15, 0.2) is 0 Å². The molecule has 1 saturated heterocycles. The summed E-state index contributed by atoms with van der Waals surface area (Å²) < 4.78 is 2.03. The summed E-state index contributed by atoms with van der Waals surface area (Å²) in [6.45, 7) is 4.85. The van der Waals surface area contributed by atoms with Crippen molar-refractivity contribution in [1.82, 2.24) is 19.9 Å². The monoisotopic (exact) mass is 220 g/mol. The van der Waals surface area contributed by atoms with Crippen LogP contribution < -0.4 is 0 Å². The molecule has 3 rings (SSSR count). The predicted molar refractivity (Wildman–Crippen MR) is 62.1 cm³/mol. The molecular formula is C12H20N4. The molecule has 4 heteroatoms. The number of hydrogen-bond donors (Lipinski definition) is 0. The average Bonchev–Trinajstić information content (AvgIpc) is 3.04. The van der Waals surface area contributed by atoms with E-state index in [0.717, 1.165) is 12.0 Å². The van der Waals surface area contributed by atoms with Gasteiger partial charge in [-0.05, 0) is 38.5 Å². The molecule has 16 heavy (non-hydrogen) atoms. The van der Waals surface area contributed by atoms with Crippen LogP contribution in [0.4, 0.5) is 0 Å². The first-order chi connectivity index (χ1) is 7.84. The van der Waals surface area contributed by atoms with Crippen molar-refractivity contribution in [3.63, 3.8) is 0 Å². The molecule has 1 aromatic rings. The van der Waals surface area contributed by atoms with Crippen LogP contribution in [0.5, 0.6) is 0 Å². The summed E-state index contributed by atoms with van der Waals surface area (Å²) in [5, 5.41) is 7.99. The number of piperidine rings is 1. The minimum atomic E-state index is 0.574. The van der Waals surface area contributed by atoms with E-state index in [9.17, 15) is 0 Å². The third-order valence-corrected chi connectivity index (χ3v) is 4.19. The van der Waals surface area contributed by atoms with Crippen LogP contribution in [0.25, 0.3) is 0 Å². The lowest BCUT2D eigenvalue weighted by molar-refractivity contribution is 0.126. The van der Waals surface area contributed by atoms with Gasteiger partial charge in [-0.15, -0.1) is 5.10 Å². The smallest absolute Gasteiger partial charge is 0.0693 e. The Bertz CT molecular complexity index is 323. The molecule has 0 aromatic carbocycles. The lowest BCUT2D eigenvalue weighted by Gasteiger charge is -2.36. The highest BCUT2D eigenvalue weighted by Crippen LogP contribution is 2.36. The Balaban J connectivity index is 1.55. The SMILES string of the molecule is CC(C1CC1)N1CCC(n2ccnn2)CC1. The molecule has 1 aliphatic heterocycles. The highest BCUT2D eigenvalue weighted by atomic mass is 15.4. The van der Waals surface area contributed by atoms with E-state index in [1.807, 2.05) is 10.9 Å². The number of rotatable bonds is 3. The van der Waals surface area contributed by atoms with Crippen LogP contribution in [0, 0.1) is 5.92 Å². The predicted octanol–water partition coefficient (Wildman–Crippen LogP) is 1.71. The highest BCUT2D eigenvalue weighted by Gasteiger charge is 2.33. The van der Waals surface area contributed by atoms with Crippen LogP contribution in [0.3, 0.4) is 0 Å². The molecule has 0 bridgehead atoms. The van der Waals surface area contributed by atoms with E-state index >= 15 is 0 Å². The quantitative estimate of drug-likeness (QED) is 0.777. The molecule has 1 atom stereocenters. The van der Waals surface area contributed by atoms with Crippen LogP contribution in [0.15, 0.2) is 12.4 Å². The number of hydrogen-bond acceptors (Lipinski definition) is 3. The van der Waals surface area contributed by atoms with Gasteiger partial charge in [0.05, 0.1) is 12.2 Å². The summed E-state index contributed by atoms with van der Waals surface area (Å²) in [6, 6.07) is 1.38. The Hall–Kier alpha value is -0.900. The summed E-state index contributed by atoms with van der Waals surface area (Å²) in [6.07, 6.45) is 9.11. The minimum absolute atomic E-state index is 0.574. The second-order valence-corrected chi connectivity index (χ2v) is 5.23. The normalized spacial score (nSPS) is 25.8. The van der Waals surface area contributed by atoms with Crippen molar-refractivity contribution in [2.24, 2.45) is 5.92 Å². The standard InChI is InChI=1S/C12H20N4/c1-10(11-2-3-11)15-7-4-12(5-8-15)16-9-6-13-14-16/h6,9-12H,2-5,7-8H2,1H3. The van der Waals surface area contributed by atoms with E-state index < -0.39 is 0 Å². The van der Waals surface area contributed by atoms with E-state index in [1.54, 1.807) is 6.20 Å². The largest absolute Gasteiger partial charge is 0.300 e. The lowest BCUT2D eigenvalue weighted by atomic mass is 10.0. The van der Waals surface area contributed by atoms with Gasteiger partial charge >= 0.3 is 0 Å². The second-order valence-electron chi connectivity index (χ2n) is 5.23. The summed E-state index contributed by atoms with van der Waals surface area (Å²) in [5.41, 5.74) is 0. The molecular weight excluding hydrogens is 200 g/mol. The fourth-order valence-corrected chi connectivity index (χ4v) is 2.85. The molecule has 2 aliphatic rings. The average molecular weight is 220 g/mol. The molecule has 1 aromatic heterocycles. The first-order valence-corrected chi connectivity index (χ1v) is 6.44. The van der Waals surface area contributed by atoms with E-state index in [1.165, 1.54) is 38.8 Å². The van der Waals surface area contributed by atoms with Crippen molar-refractivity contribution >= 4 is 0 Å². The van der Waals surface area contributed by atoms with Crippen molar-refractivity contribution < 1.29 is 0 Å². The van der Waals surface area contributed by atoms with Gasteiger partial charge in [-0.3, -0.25) is 0 Å². The van der Waals surface area contributed by atoms with Crippen LogP contribution >= 0.6 is 0 Å². The van der Waals surface area contributed by atoms with Crippen LogP contribution in [0.2, 0.25) is 0 Å². The van der Waals surface area contributed by atoms with Gasteiger partial charge in [-0.2, -0.15) is 0 Å². The van der Waals surface area contributed by atoms with Gasteiger partial charge in [-0.25, -0.2) is 4.68 Å². The molecule has 2 fully saturated rings. The molecule has 0 N–H and O–H groups in total. The van der Waals surface area contributed by atoms with Crippen molar-refractivity contribution in [2.45, 2.75) is 44.7 Å². The Morgan fingerprint density at radius 3 is 2.50 bits per heavy atom. The maximum Gasteiger partial charge on any atom is 0.0693 e. The zero-order valence-electron chi connectivity index (χ0n) is 9.92. The van der Waals surface area contributed by atoms with Crippen LogP contribution in [-0.4, -0.2) is 39.0 Å². The molecule has 0 spiro atoms. The fourth-order valence-electron chi connectivity index (χ4n) is 2.85. The first-order valence-electron chi connectivity index (χ1n) is 6.44. The van der Waals surface area contributed by atoms with Crippen LogP contribution in [0.1, 0.15) is 38.6 Å². The van der Waals surface area contributed by atoms with Gasteiger partial charge in [0, 0.05) is 25.3 Å². The van der Waals surface area contributed by atoms with Gasteiger partial charge in [0.1, 0.15) is 0 Å². The van der Waals surface area contributed by atoms with Crippen molar-refractivity contribution in [3.8, 4) is 0 Å². The van der Waals surface area contributed by atoms with Crippen molar-refractivity contribution in [1.29, 1.82) is 0 Å². The summed E-state index contributed by atoms with van der Waals surface area (Å²) in [4.78, 5) is 2.66. The molecule has 88 valence electrons. The van der Waals surface area contributed by atoms with E-state index in [4.69, 9.17) is 0 Å². The van der Waals surface area contributed by atoms with Gasteiger partial charge < -0.3 is 4.90 Å². The van der Waals surface area contributed by atoms with Gasteiger partial charge in [0.25, 0.3) is 0 Å². The number of nitrogens with zero attached hydrogens (tertiary/aromatic N) is 4.